The van der Waals surface area contributed by atoms with Crippen molar-refractivity contribution in [2.75, 3.05) is 11.5 Å². The minimum Gasteiger partial charge on any atom is -0.308 e. The van der Waals surface area contributed by atoms with Gasteiger partial charge in [-0.15, -0.1) is 11.3 Å². The largest absolute Gasteiger partial charge is 0.308 e. The van der Waals surface area contributed by atoms with Gasteiger partial charge >= 0.3 is 0 Å². The molecule has 0 aliphatic carbocycles. The van der Waals surface area contributed by atoms with Crippen LogP contribution < -0.4 is 5.32 Å². The molecular formula is C9H14N2OS2. The minimum absolute atomic E-state index is 0.536. The molecule has 14 heavy (non-hydrogen) atoms. The first kappa shape index (κ1) is 10.3. The van der Waals surface area contributed by atoms with Gasteiger partial charge in [0.25, 0.3) is 0 Å². The molecule has 1 N–H and O–H groups in total. The second kappa shape index (κ2) is 5.00. The topological polar surface area (TPSA) is 42.0 Å². The van der Waals surface area contributed by atoms with Gasteiger partial charge in [0.05, 0.1) is 11.2 Å². The molecule has 0 aromatic carbocycles. The van der Waals surface area contributed by atoms with E-state index in [0.717, 1.165) is 36.6 Å². The molecule has 0 bridgehead atoms. The molecule has 1 aliphatic rings. The fourth-order valence-electron chi connectivity index (χ4n) is 1.57. The van der Waals surface area contributed by atoms with Crippen LogP contribution in [0.5, 0.6) is 0 Å². The Hall–Kier alpha value is -0.260. The average Bonchev–Trinajstić information content (AvgIpc) is 2.70. The molecule has 5 heteroatoms. The average molecular weight is 230 g/mol. The molecule has 0 unspecified atom stereocenters. The summed E-state index contributed by atoms with van der Waals surface area (Å²) < 4.78 is 11.1. The van der Waals surface area contributed by atoms with Crippen molar-refractivity contribution >= 4 is 22.1 Å². The van der Waals surface area contributed by atoms with Gasteiger partial charge in [0.15, 0.2) is 0 Å². The molecular weight excluding hydrogens is 216 g/mol. The Morgan fingerprint density at radius 1 is 1.57 bits per heavy atom. The van der Waals surface area contributed by atoms with E-state index in [0.29, 0.717) is 6.04 Å². The summed E-state index contributed by atoms with van der Waals surface area (Å²) in [5, 5.41) is 5.52. The van der Waals surface area contributed by atoms with Crippen LogP contribution in [0.3, 0.4) is 0 Å². The highest BCUT2D eigenvalue weighted by molar-refractivity contribution is 7.85. The molecule has 0 spiro atoms. The maximum Gasteiger partial charge on any atom is 0.0795 e. The van der Waals surface area contributed by atoms with Crippen LogP contribution in [0.25, 0.3) is 0 Å². The van der Waals surface area contributed by atoms with E-state index in [9.17, 15) is 4.21 Å². The third-order valence-corrected chi connectivity index (χ3v) is 4.46. The maximum atomic E-state index is 11.1. The van der Waals surface area contributed by atoms with E-state index < -0.39 is 10.8 Å². The van der Waals surface area contributed by atoms with Crippen molar-refractivity contribution in [1.82, 2.24) is 10.3 Å². The van der Waals surface area contributed by atoms with Crippen LogP contribution in [0.2, 0.25) is 0 Å². The van der Waals surface area contributed by atoms with Crippen molar-refractivity contribution in [3.63, 3.8) is 0 Å². The molecule has 2 heterocycles. The normalized spacial score (nSPS) is 27.7. The molecule has 1 saturated heterocycles. The van der Waals surface area contributed by atoms with Crippen molar-refractivity contribution < 1.29 is 4.21 Å². The summed E-state index contributed by atoms with van der Waals surface area (Å²) in [5.74, 6) is 1.71. The Balaban J connectivity index is 1.73. The van der Waals surface area contributed by atoms with Crippen LogP contribution in [0.1, 0.15) is 18.5 Å². The second-order valence-electron chi connectivity index (χ2n) is 3.48. The minimum atomic E-state index is -0.555. The van der Waals surface area contributed by atoms with Gasteiger partial charge in [-0.3, -0.25) is 4.21 Å². The van der Waals surface area contributed by atoms with Gasteiger partial charge in [-0.05, 0) is 12.8 Å². The summed E-state index contributed by atoms with van der Waals surface area (Å²) in [6.07, 6.45) is 2.08. The van der Waals surface area contributed by atoms with Crippen LogP contribution in [0.4, 0.5) is 0 Å². The fraction of sp³-hybridized carbons (Fsp3) is 0.667. The smallest absolute Gasteiger partial charge is 0.0795 e. The molecule has 3 nitrogen and oxygen atoms in total. The summed E-state index contributed by atoms with van der Waals surface area (Å²) in [6.45, 7) is 0.848. The number of nitrogens with one attached hydrogen (secondary N) is 1. The van der Waals surface area contributed by atoms with Crippen LogP contribution in [0, 0.1) is 0 Å². The summed E-state index contributed by atoms with van der Waals surface area (Å²) in [6, 6.07) is 0.536. The third kappa shape index (κ3) is 2.87. The lowest BCUT2D eigenvalue weighted by Crippen LogP contribution is -2.35. The van der Waals surface area contributed by atoms with Crippen LogP contribution >= 0.6 is 11.3 Å². The number of hydrogen-bond donors (Lipinski definition) is 1. The molecule has 0 saturated carbocycles. The van der Waals surface area contributed by atoms with Gasteiger partial charge in [-0.1, -0.05) is 0 Å². The monoisotopic (exact) mass is 230 g/mol. The number of nitrogens with zero attached hydrogens (tertiary/aromatic N) is 1. The zero-order chi connectivity index (χ0) is 9.80. The molecule has 0 radical (unpaired) electrons. The van der Waals surface area contributed by atoms with E-state index in [1.165, 1.54) is 0 Å². The Bertz CT molecular complexity index is 290. The first-order valence-electron chi connectivity index (χ1n) is 4.80. The van der Waals surface area contributed by atoms with E-state index in [2.05, 4.69) is 15.7 Å². The van der Waals surface area contributed by atoms with Crippen molar-refractivity contribution in [1.29, 1.82) is 0 Å². The number of hydrogen-bond acceptors (Lipinski definition) is 4. The van der Waals surface area contributed by atoms with Gasteiger partial charge < -0.3 is 5.32 Å². The maximum absolute atomic E-state index is 11.1. The zero-order valence-corrected chi connectivity index (χ0v) is 9.57. The predicted octanol–water partition coefficient (Wildman–Crippen LogP) is 1.14. The summed E-state index contributed by atoms with van der Waals surface area (Å²) in [4.78, 5) is 4.21. The van der Waals surface area contributed by atoms with Gasteiger partial charge in [-0.25, -0.2) is 4.98 Å². The Labute approximate surface area is 90.4 Å². The zero-order valence-electron chi connectivity index (χ0n) is 7.94. The highest BCUT2D eigenvalue weighted by atomic mass is 32.2. The van der Waals surface area contributed by atoms with Crippen LogP contribution in [0.15, 0.2) is 10.9 Å². The van der Waals surface area contributed by atoms with E-state index in [1.807, 2.05) is 5.51 Å². The van der Waals surface area contributed by atoms with Gasteiger partial charge in [0.2, 0.25) is 0 Å². The Morgan fingerprint density at radius 2 is 2.36 bits per heavy atom. The quantitative estimate of drug-likeness (QED) is 0.847. The second-order valence-corrected chi connectivity index (χ2v) is 5.90. The van der Waals surface area contributed by atoms with Crippen molar-refractivity contribution in [2.45, 2.75) is 25.4 Å². The molecule has 0 amide bonds. The van der Waals surface area contributed by atoms with Crippen LogP contribution in [-0.4, -0.2) is 26.7 Å². The van der Waals surface area contributed by atoms with Crippen molar-refractivity contribution in [2.24, 2.45) is 0 Å². The van der Waals surface area contributed by atoms with Gasteiger partial charge in [0, 0.05) is 40.3 Å². The molecule has 78 valence electrons. The standard InChI is InChI=1S/C9H14N2OS2/c12-14-3-1-8(2-4-14)10-5-9-6-13-7-11-9/h6-8,10H,1-5H2. The van der Waals surface area contributed by atoms with Crippen molar-refractivity contribution in [3.8, 4) is 0 Å². The van der Waals surface area contributed by atoms with E-state index in [-0.39, 0.29) is 0 Å². The third-order valence-electron chi connectivity index (χ3n) is 2.44. The molecule has 1 aromatic heterocycles. The molecule has 1 aliphatic heterocycles. The fourth-order valence-corrected chi connectivity index (χ4v) is 3.43. The highest BCUT2D eigenvalue weighted by Gasteiger charge is 2.16. The number of thiazole rings is 1. The highest BCUT2D eigenvalue weighted by Crippen LogP contribution is 2.10. The first-order chi connectivity index (χ1) is 6.84. The lowest BCUT2D eigenvalue weighted by Gasteiger charge is -2.22. The Kier molecular flexibility index (Phi) is 3.67. The molecule has 1 aromatic rings. The van der Waals surface area contributed by atoms with Gasteiger partial charge in [-0.2, -0.15) is 0 Å². The van der Waals surface area contributed by atoms with Gasteiger partial charge in [0.1, 0.15) is 0 Å². The summed E-state index contributed by atoms with van der Waals surface area (Å²) >= 11 is 1.63. The number of rotatable bonds is 3. The summed E-state index contributed by atoms with van der Waals surface area (Å²) in [5.41, 5.74) is 2.97. The molecule has 0 atom stereocenters. The molecule has 1 fully saturated rings. The van der Waals surface area contributed by atoms with E-state index in [1.54, 1.807) is 11.3 Å². The van der Waals surface area contributed by atoms with Crippen molar-refractivity contribution in [3.05, 3.63) is 16.6 Å². The first-order valence-corrected chi connectivity index (χ1v) is 7.23. The lowest BCUT2D eigenvalue weighted by atomic mass is 10.1. The van der Waals surface area contributed by atoms with Crippen LogP contribution in [-0.2, 0) is 17.3 Å². The molecule has 2 rings (SSSR count). The Morgan fingerprint density at radius 3 is 3.00 bits per heavy atom. The predicted molar refractivity (Wildman–Crippen MR) is 59.9 cm³/mol. The lowest BCUT2D eigenvalue weighted by molar-refractivity contribution is 0.472. The summed E-state index contributed by atoms with van der Waals surface area (Å²) in [7, 11) is -0.555. The number of aromatic nitrogens is 1. The SMILES string of the molecule is O=S1CCC(NCc2cscn2)CC1. The van der Waals surface area contributed by atoms with E-state index >= 15 is 0 Å². The van der Waals surface area contributed by atoms with E-state index in [4.69, 9.17) is 0 Å².